The zero-order chi connectivity index (χ0) is 30.1. The number of carbonyl (C=O) groups is 2. The summed E-state index contributed by atoms with van der Waals surface area (Å²) >= 11 is 0. The monoisotopic (exact) mass is 599 g/mol. The summed E-state index contributed by atoms with van der Waals surface area (Å²) in [5.41, 5.74) is 4.41. The molecule has 0 aliphatic carbocycles. The molecule has 0 spiro atoms. The van der Waals surface area contributed by atoms with Crippen LogP contribution in [-0.4, -0.2) is 50.5 Å². The molecule has 3 aromatic carbocycles. The van der Waals surface area contributed by atoms with Gasteiger partial charge in [0.2, 0.25) is 10.0 Å². The van der Waals surface area contributed by atoms with E-state index in [2.05, 4.69) is 10.1 Å². The maximum Gasteiger partial charge on any atom is 0.324 e. The van der Waals surface area contributed by atoms with Crippen molar-refractivity contribution in [1.82, 2.24) is 9.84 Å². The van der Waals surface area contributed by atoms with E-state index in [-0.39, 0.29) is 27.5 Å². The third kappa shape index (κ3) is 6.26. The SMILES string of the molecule is Cc1c(C(=O)NN(C(C(=O)O)C(C)C)S(=O)(=O)c2ccc(-c3ccccc3)cc2)oc2cccc(NS(C)(=O)=O)c12. The number of amides is 1. The Hall–Kier alpha value is -4.20. The summed E-state index contributed by atoms with van der Waals surface area (Å²) in [5, 5.41) is 10.3. The lowest BCUT2D eigenvalue weighted by Gasteiger charge is -2.30. The van der Waals surface area contributed by atoms with Gasteiger partial charge in [-0.25, -0.2) is 16.8 Å². The number of fused-ring (bicyclic) bond motifs is 1. The Morgan fingerprint density at radius 1 is 0.878 bits per heavy atom. The predicted octanol–water partition coefficient (Wildman–Crippen LogP) is 4.22. The third-order valence-electron chi connectivity index (χ3n) is 6.32. The van der Waals surface area contributed by atoms with Crippen molar-refractivity contribution in [2.75, 3.05) is 11.0 Å². The number of nitrogens with zero attached hydrogens (tertiary/aromatic N) is 1. The van der Waals surface area contributed by atoms with Crippen LogP contribution in [0.5, 0.6) is 0 Å². The molecule has 4 aromatic rings. The highest BCUT2D eigenvalue weighted by atomic mass is 32.2. The van der Waals surface area contributed by atoms with Gasteiger partial charge in [-0.3, -0.25) is 19.7 Å². The molecule has 1 heterocycles. The van der Waals surface area contributed by atoms with Gasteiger partial charge in [0, 0.05) is 10.9 Å². The Balaban J connectivity index is 1.76. The average Bonchev–Trinajstić information content (AvgIpc) is 3.25. The molecule has 1 atom stereocenters. The second kappa shape index (κ2) is 11.4. The van der Waals surface area contributed by atoms with Gasteiger partial charge in [0.05, 0.1) is 16.8 Å². The number of hydrogen-bond acceptors (Lipinski definition) is 7. The van der Waals surface area contributed by atoms with Crippen molar-refractivity contribution in [2.45, 2.75) is 31.7 Å². The molecular formula is C28H29N3O8S2. The molecule has 0 saturated heterocycles. The van der Waals surface area contributed by atoms with E-state index in [0.717, 1.165) is 17.4 Å². The van der Waals surface area contributed by atoms with Gasteiger partial charge >= 0.3 is 11.9 Å². The Morgan fingerprint density at radius 3 is 2.05 bits per heavy atom. The standard InChI is InChI=1S/C28H29N3O8S2/c1-17(2)25(28(33)34)31(41(37,38)21-15-13-20(14-16-21)19-9-6-5-7-10-19)29-27(32)26-18(3)24-22(30-40(4,35)36)11-8-12-23(24)39-26/h5-17,25,30H,1-4H3,(H,29,32)(H,33,34). The fourth-order valence-electron chi connectivity index (χ4n) is 4.45. The Bertz CT molecular complexity index is 1820. The molecule has 0 radical (unpaired) electrons. The van der Waals surface area contributed by atoms with E-state index in [4.69, 9.17) is 4.42 Å². The normalized spacial score (nSPS) is 12.9. The lowest BCUT2D eigenvalue weighted by molar-refractivity contribution is -0.143. The maximum absolute atomic E-state index is 13.8. The molecule has 13 heteroatoms. The van der Waals surface area contributed by atoms with Crippen molar-refractivity contribution < 1.29 is 35.9 Å². The topological polar surface area (TPSA) is 163 Å². The molecule has 216 valence electrons. The fourth-order valence-corrected chi connectivity index (χ4v) is 6.57. The first-order valence-electron chi connectivity index (χ1n) is 12.4. The quantitative estimate of drug-likeness (QED) is 0.228. The van der Waals surface area contributed by atoms with Crippen molar-refractivity contribution in [2.24, 2.45) is 5.92 Å². The van der Waals surface area contributed by atoms with Gasteiger partial charge in [-0.1, -0.05) is 66.8 Å². The molecule has 11 nitrogen and oxygen atoms in total. The van der Waals surface area contributed by atoms with Crippen LogP contribution in [0.4, 0.5) is 5.69 Å². The Labute approximate surface area is 237 Å². The van der Waals surface area contributed by atoms with Gasteiger partial charge in [0.25, 0.3) is 10.0 Å². The lowest BCUT2D eigenvalue weighted by Crippen LogP contribution is -2.56. The van der Waals surface area contributed by atoms with Crippen LogP contribution >= 0.6 is 0 Å². The summed E-state index contributed by atoms with van der Waals surface area (Å²) in [7, 11) is -8.24. The largest absolute Gasteiger partial charge is 0.480 e. The zero-order valence-electron chi connectivity index (χ0n) is 22.7. The van der Waals surface area contributed by atoms with E-state index in [1.54, 1.807) is 12.1 Å². The minimum absolute atomic E-state index is 0.166. The number of nitrogens with one attached hydrogen (secondary N) is 2. The number of aliphatic carboxylic acids is 1. The van der Waals surface area contributed by atoms with Crippen molar-refractivity contribution >= 4 is 48.6 Å². The number of hydrazine groups is 1. The van der Waals surface area contributed by atoms with Gasteiger partial charge in [-0.05, 0) is 48.2 Å². The van der Waals surface area contributed by atoms with E-state index in [0.29, 0.717) is 9.80 Å². The van der Waals surface area contributed by atoms with Crippen LogP contribution < -0.4 is 10.1 Å². The molecule has 0 bridgehead atoms. The van der Waals surface area contributed by atoms with Crippen molar-refractivity contribution in [1.29, 1.82) is 0 Å². The predicted molar refractivity (Wildman–Crippen MR) is 154 cm³/mol. The number of carboxylic acids is 1. The molecule has 4 rings (SSSR count). The maximum atomic E-state index is 13.8. The number of carboxylic acid groups (broad SMARTS) is 1. The molecule has 41 heavy (non-hydrogen) atoms. The van der Waals surface area contributed by atoms with Gasteiger partial charge in [0.1, 0.15) is 11.6 Å². The van der Waals surface area contributed by atoms with E-state index in [1.165, 1.54) is 51.1 Å². The summed E-state index contributed by atoms with van der Waals surface area (Å²) in [6, 6.07) is 18.0. The van der Waals surface area contributed by atoms with Crippen LogP contribution in [0.25, 0.3) is 22.1 Å². The summed E-state index contributed by atoms with van der Waals surface area (Å²) < 4.78 is 59.8. The molecule has 0 fully saturated rings. The molecule has 3 N–H and O–H groups in total. The van der Waals surface area contributed by atoms with Crippen molar-refractivity contribution in [3.8, 4) is 11.1 Å². The Kier molecular flexibility index (Phi) is 8.24. The van der Waals surface area contributed by atoms with Crippen LogP contribution in [-0.2, 0) is 24.8 Å². The first-order chi connectivity index (χ1) is 19.2. The van der Waals surface area contributed by atoms with E-state index in [1.807, 2.05) is 30.3 Å². The molecule has 0 aliphatic heterocycles. The molecule has 1 amide bonds. The van der Waals surface area contributed by atoms with E-state index >= 15 is 0 Å². The lowest BCUT2D eigenvalue weighted by atomic mass is 10.1. The first-order valence-corrected chi connectivity index (χ1v) is 15.8. The van der Waals surface area contributed by atoms with E-state index in [9.17, 15) is 31.5 Å². The molecule has 0 saturated carbocycles. The number of aryl methyl sites for hydroxylation is 1. The summed E-state index contributed by atoms with van der Waals surface area (Å²) in [4.78, 5) is 25.5. The molecular weight excluding hydrogens is 570 g/mol. The summed E-state index contributed by atoms with van der Waals surface area (Å²) in [5.74, 6) is -3.55. The van der Waals surface area contributed by atoms with Gasteiger partial charge < -0.3 is 9.52 Å². The van der Waals surface area contributed by atoms with Gasteiger partial charge in [0.15, 0.2) is 5.76 Å². The minimum Gasteiger partial charge on any atom is -0.480 e. The highest BCUT2D eigenvalue weighted by Crippen LogP contribution is 2.33. The third-order valence-corrected chi connectivity index (χ3v) is 8.62. The summed E-state index contributed by atoms with van der Waals surface area (Å²) in [6.07, 6.45) is 0.974. The first kappa shape index (κ1) is 29.8. The Morgan fingerprint density at radius 2 is 1.49 bits per heavy atom. The summed E-state index contributed by atoms with van der Waals surface area (Å²) in [6.45, 7) is 4.54. The molecule has 1 aromatic heterocycles. The van der Waals surface area contributed by atoms with Crippen LogP contribution in [0.1, 0.15) is 30.0 Å². The zero-order valence-corrected chi connectivity index (χ0v) is 24.3. The van der Waals surface area contributed by atoms with Crippen LogP contribution in [0.3, 0.4) is 0 Å². The number of anilines is 1. The fraction of sp³-hybridized carbons (Fsp3) is 0.214. The number of benzene rings is 3. The molecule has 1 unspecified atom stereocenters. The van der Waals surface area contributed by atoms with Crippen LogP contribution in [0, 0.1) is 12.8 Å². The highest BCUT2D eigenvalue weighted by Gasteiger charge is 2.40. The number of hydrogen-bond donors (Lipinski definition) is 3. The number of rotatable bonds is 10. The van der Waals surface area contributed by atoms with Crippen LogP contribution in [0.15, 0.2) is 82.1 Å². The highest BCUT2D eigenvalue weighted by molar-refractivity contribution is 7.92. The smallest absolute Gasteiger partial charge is 0.324 e. The second-order valence-electron chi connectivity index (χ2n) is 9.77. The molecule has 0 aliphatic rings. The average molecular weight is 600 g/mol. The number of furan rings is 1. The number of sulfonamides is 2. The van der Waals surface area contributed by atoms with Crippen LogP contribution in [0.2, 0.25) is 0 Å². The van der Waals surface area contributed by atoms with Crippen molar-refractivity contribution in [3.05, 3.63) is 84.1 Å². The van der Waals surface area contributed by atoms with Crippen molar-refractivity contribution in [3.63, 3.8) is 0 Å². The second-order valence-corrected chi connectivity index (χ2v) is 13.3. The van der Waals surface area contributed by atoms with E-state index < -0.39 is 43.9 Å². The minimum atomic E-state index is -4.58. The van der Waals surface area contributed by atoms with Gasteiger partial charge in [-0.2, -0.15) is 0 Å². The number of carbonyl (C=O) groups excluding carboxylic acids is 1. The van der Waals surface area contributed by atoms with Gasteiger partial charge in [-0.15, -0.1) is 0 Å².